The fourth-order valence-electron chi connectivity index (χ4n) is 0.371. The Morgan fingerprint density at radius 3 is 1.46 bits per heavy atom. The van der Waals surface area contributed by atoms with Gasteiger partial charge in [0.15, 0.2) is 8.87 Å². The van der Waals surface area contributed by atoms with Crippen LogP contribution < -0.4 is 87.6 Å². The molecule has 0 aromatic rings. The van der Waals surface area contributed by atoms with Crippen LogP contribution in [0.4, 0.5) is 0 Å². The minimum Gasteiger partial charge on any atom is -1.00 e. The van der Waals surface area contributed by atoms with Crippen molar-refractivity contribution in [3.05, 3.63) is 0 Å². The summed E-state index contributed by atoms with van der Waals surface area (Å²) < 4.78 is 39.7. The topological polar surface area (TPSA) is 126 Å². The van der Waals surface area contributed by atoms with Gasteiger partial charge in [-0.1, -0.05) is 15.9 Å². The minimum atomic E-state index is -3.08. The maximum Gasteiger partial charge on any atom is 1.00 e. The number of hydrogen-bond donors (Lipinski definition) is 2. The zero-order valence-electron chi connectivity index (χ0n) is 14.2. The van der Waals surface area contributed by atoms with Crippen LogP contribution in [0.25, 0.3) is 0 Å². The second-order valence-corrected chi connectivity index (χ2v) is 11.8. The molecule has 0 aliphatic carbocycles. The molecule has 0 saturated carbocycles. The molecule has 16 heteroatoms. The van der Waals surface area contributed by atoms with E-state index in [0.29, 0.717) is 12.3 Å². The van der Waals surface area contributed by atoms with E-state index in [4.69, 9.17) is 11.5 Å². The molecule has 4 N–H and O–H groups in total. The molecule has 1 unspecified atom stereocenters. The largest absolute Gasteiger partial charge is 1.00 e. The molecule has 0 fully saturated rings. The van der Waals surface area contributed by atoms with Crippen LogP contribution in [0.15, 0.2) is 0 Å². The average Bonchev–Trinajstić information content (AvgIpc) is 2.15. The Balaban J connectivity index is -0.0000000255. The number of rotatable bonds is 6. The first kappa shape index (κ1) is 51.3. The van der Waals surface area contributed by atoms with E-state index in [1.54, 1.807) is 0 Å². The fourth-order valence-corrected chi connectivity index (χ4v) is 2.54. The first-order chi connectivity index (χ1) is 8.47. The quantitative estimate of drug-likeness (QED) is 0.121. The SMILES string of the molecule is Br.Br.CS(=O)(=O)SCCCN.CS(=O)([O-])=S.NCCCBr.[Br-].[Na+].[Na+]. The van der Waals surface area contributed by atoms with Crippen LogP contribution in [0.2, 0.25) is 0 Å². The van der Waals surface area contributed by atoms with Crippen LogP contribution >= 0.6 is 60.7 Å². The van der Waals surface area contributed by atoms with Crippen molar-refractivity contribution in [1.82, 2.24) is 0 Å². The standard InChI is InChI=1S/C4H11NO2S2.C3H8BrN.CH4O2S2.3BrH.2Na/c1-9(6,7)8-4-2-3-5;4-2-1-3-5;1-5(2,3)4;;;;;/h2-5H2,1H3;1-3,5H2;1H3,(H,2,3,4);3*1H;;/q;;;;;;2*+1/p-2. The van der Waals surface area contributed by atoms with E-state index in [2.05, 4.69) is 27.1 Å². The van der Waals surface area contributed by atoms with Gasteiger partial charge in [-0.05, 0) is 56.7 Å². The molecule has 0 aromatic carbocycles. The number of halogens is 4. The van der Waals surface area contributed by atoms with Gasteiger partial charge in [0.1, 0.15) is 0 Å². The van der Waals surface area contributed by atoms with Crippen molar-refractivity contribution in [1.29, 1.82) is 0 Å². The normalized spacial score (nSPS) is 10.6. The Morgan fingerprint density at radius 1 is 1.04 bits per heavy atom. The predicted molar refractivity (Wildman–Crippen MR) is 111 cm³/mol. The van der Waals surface area contributed by atoms with Crippen molar-refractivity contribution in [2.45, 2.75) is 12.8 Å². The van der Waals surface area contributed by atoms with Crippen molar-refractivity contribution in [2.24, 2.45) is 11.5 Å². The third-order valence-electron chi connectivity index (χ3n) is 0.984. The molecule has 0 aromatic heterocycles. The van der Waals surface area contributed by atoms with Gasteiger partial charge in [0.2, 0.25) is 0 Å². The van der Waals surface area contributed by atoms with Crippen molar-refractivity contribution in [3.63, 3.8) is 0 Å². The molecule has 0 rings (SSSR count). The van der Waals surface area contributed by atoms with Gasteiger partial charge >= 0.3 is 59.1 Å². The van der Waals surface area contributed by atoms with Crippen LogP contribution in [-0.2, 0) is 28.8 Å². The van der Waals surface area contributed by atoms with Crippen molar-refractivity contribution in [2.75, 3.05) is 36.7 Å². The number of nitrogens with two attached hydrogens (primary N) is 2. The summed E-state index contributed by atoms with van der Waals surface area (Å²) >= 11 is 7.03. The second kappa shape index (κ2) is 34.9. The first-order valence-electron chi connectivity index (χ1n) is 5.19. The monoisotopic (exact) mass is 702 g/mol. The van der Waals surface area contributed by atoms with Gasteiger partial charge in [-0.2, -0.15) is 0 Å². The molecule has 1 atom stereocenters. The Bertz CT molecular complexity index is 382. The molecule has 0 bridgehead atoms. The van der Waals surface area contributed by atoms with Gasteiger partial charge in [0.05, 0.1) is 0 Å². The third kappa shape index (κ3) is 110. The average molecular weight is 706 g/mol. The zero-order chi connectivity index (χ0) is 15.9. The first-order valence-corrected chi connectivity index (χ1v) is 12.5. The summed E-state index contributed by atoms with van der Waals surface area (Å²) in [6.45, 7) is 1.35. The van der Waals surface area contributed by atoms with E-state index in [1.807, 2.05) is 0 Å². The summed E-state index contributed by atoms with van der Waals surface area (Å²) in [6, 6.07) is 0. The van der Waals surface area contributed by atoms with Gasteiger partial charge in [-0.25, -0.2) is 8.42 Å². The molecular weight excluding hydrogens is 682 g/mol. The van der Waals surface area contributed by atoms with E-state index in [0.717, 1.165) is 41.8 Å². The van der Waals surface area contributed by atoms with Gasteiger partial charge in [-0.15, -0.1) is 34.0 Å². The fraction of sp³-hybridized carbons (Fsp3) is 1.00. The van der Waals surface area contributed by atoms with Crippen LogP contribution in [0.1, 0.15) is 12.8 Å². The van der Waals surface area contributed by atoms with Crippen LogP contribution in [0, 0.1) is 0 Å². The Labute approximate surface area is 239 Å². The van der Waals surface area contributed by atoms with Gasteiger partial charge in [-0.3, -0.25) is 4.21 Å². The van der Waals surface area contributed by atoms with Crippen LogP contribution in [0.3, 0.4) is 0 Å². The molecule has 0 amide bonds. The molecule has 6 nitrogen and oxygen atoms in total. The maximum absolute atomic E-state index is 10.4. The zero-order valence-corrected chi connectivity index (χ0v) is 28.1. The summed E-state index contributed by atoms with van der Waals surface area (Å²) in [5.74, 6) is 0.606. The van der Waals surface area contributed by atoms with Gasteiger partial charge in [0.25, 0.3) is 0 Å². The number of hydrogen-bond acceptors (Lipinski definition) is 8. The molecular formula is C8H24Br4N2Na2O4S4. The summed E-state index contributed by atoms with van der Waals surface area (Å²) in [5.41, 5.74) is 10.3. The summed E-state index contributed by atoms with van der Waals surface area (Å²) in [6.07, 6.45) is 4.02. The van der Waals surface area contributed by atoms with Crippen molar-refractivity contribution in [3.8, 4) is 0 Å². The Kier molecular flexibility index (Phi) is 74.6. The van der Waals surface area contributed by atoms with Gasteiger partial charge in [0, 0.05) is 23.6 Å². The molecule has 0 aliphatic rings. The summed E-state index contributed by atoms with van der Waals surface area (Å²) in [7, 11) is -4.97. The van der Waals surface area contributed by atoms with Crippen molar-refractivity contribution >= 4 is 89.5 Å². The van der Waals surface area contributed by atoms with Crippen LogP contribution in [0.5, 0.6) is 0 Å². The van der Waals surface area contributed by atoms with Gasteiger partial charge < -0.3 is 33.0 Å². The predicted octanol–water partition coefficient (Wildman–Crippen LogP) is -7.58. The smallest absolute Gasteiger partial charge is 1.00 e. The third-order valence-corrected chi connectivity index (χ3v) is 4.21. The van der Waals surface area contributed by atoms with Crippen LogP contribution in [-0.4, -0.2) is 53.9 Å². The molecule has 144 valence electrons. The van der Waals surface area contributed by atoms with E-state index in [9.17, 15) is 17.2 Å². The Morgan fingerprint density at radius 2 is 1.33 bits per heavy atom. The molecule has 0 heterocycles. The molecule has 0 radical (unpaired) electrons. The Hall–Kier alpha value is 4.47. The molecule has 24 heavy (non-hydrogen) atoms. The molecule has 0 saturated heterocycles. The summed E-state index contributed by atoms with van der Waals surface area (Å²) in [4.78, 5) is 0. The van der Waals surface area contributed by atoms with E-state index >= 15 is 0 Å². The maximum atomic E-state index is 10.4. The minimum absolute atomic E-state index is 0. The molecule has 0 aliphatic heterocycles. The van der Waals surface area contributed by atoms with E-state index in [-0.39, 0.29) is 110 Å². The second-order valence-electron chi connectivity index (χ2n) is 3.20. The number of alkyl halides is 1. The van der Waals surface area contributed by atoms with E-state index < -0.39 is 17.6 Å². The van der Waals surface area contributed by atoms with Crippen molar-refractivity contribution < 1.29 is 93.3 Å². The molecule has 0 spiro atoms. The summed E-state index contributed by atoms with van der Waals surface area (Å²) in [5, 5.41) is 1.03. The van der Waals surface area contributed by atoms with E-state index in [1.165, 1.54) is 6.26 Å².